The first-order valence-electron chi connectivity index (χ1n) is 9.36. The molecule has 0 spiro atoms. The number of nitrogens with one attached hydrogen (secondary N) is 1. The summed E-state index contributed by atoms with van der Waals surface area (Å²) in [4.78, 5) is 15.4. The Morgan fingerprint density at radius 2 is 1.84 bits per heavy atom. The van der Waals surface area contributed by atoms with Crippen molar-refractivity contribution in [2.45, 2.75) is 38.6 Å². The van der Waals surface area contributed by atoms with E-state index in [0.717, 1.165) is 37.9 Å². The van der Waals surface area contributed by atoms with Crippen LogP contribution >= 0.6 is 0 Å². The molecule has 25 heavy (non-hydrogen) atoms. The normalized spacial score (nSPS) is 18.1. The van der Waals surface area contributed by atoms with Gasteiger partial charge in [-0.3, -0.25) is 4.79 Å². The van der Waals surface area contributed by atoms with Gasteiger partial charge in [0, 0.05) is 11.6 Å². The molecule has 1 aliphatic rings. The highest BCUT2D eigenvalue weighted by Gasteiger charge is 2.36. The van der Waals surface area contributed by atoms with E-state index in [9.17, 15) is 4.79 Å². The molecule has 1 heterocycles. The van der Waals surface area contributed by atoms with Crippen LogP contribution < -0.4 is 10.2 Å². The van der Waals surface area contributed by atoms with Gasteiger partial charge in [0.05, 0.1) is 6.04 Å². The van der Waals surface area contributed by atoms with E-state index in [1.54, 1.807) is 0 Å². The molecule has 1 N–H and O–H groups in total. The summed E-state index contributed by atoms with van der Waals surface area (Å²) in [7, 11) is 1.97. The predicted molar refractivity (Wildman–Crippen MR) is 104 cm³/mol. The number of rotatable bonds is 7. The zero-order chi connectivity index (χ0) is 17.6. The van der Waals surface area contributed by atoms with Gasteiger partial charge in [-0.2, -0.15) is 0 Å². The van der Waals surface area contributed by atoms with Crippen LogP contribution in [-0.2, 0) is 11.2 Å². The quantitative estimate of drug-likeness (QED) is 0.763. The third-order valence-corrected chi connectivity index (χ3v) is 5.17. The zero-order valence-corrected chi connectivity index (χ0v) is 15.2. The molecule has 0 aromatic heterocycles. The summed E-state index contributed by atoms with van der Waals surface area (Å²) in [6, 6.07) is 18.9. The number of nitrogens with zero attached hydrogens (tertiary/aromatic N) is 1. The minimum Gasteiger partial charge on any atom is -0.320 e. The average molecular weight is 336 g/mol. The van der Waals surface area contributed by atoms with Crippen LogP contribution in [0.25, 0.3) is 0 Å². The maximum Gasteiger partial charge on any atom is 0.231 e. The fourth-order valence-electron chi connectivity index (χ4n) is 3.90. The number of carbonyl (C=O) groups excluding carboxylic acids is 1. The minimum atomic E-state index is 0.0843. The Hall–Kier alpha value is -2.13. The molecule has 1 aliphatic heterocycles. The highest BCUT2D eigenvalue weighted by molar-refractivity contribution is 5.98. The molecule has 2 aromatic rings. The molecule has 0 aliphatic carbocycles. The van der Waals surface area contributed by atoms with E-state index in [1.165, 1.54) is 11.1 Å². The first-order chi connectivity index (χ1) is 12.3. The summed E-state index contributed by atoms with van der Waals surface area (Å²) in [5.74, 6) is 0.367. The summed E-state index contributed by atoms with van der Waals surface area (Å²) in [5, 5.41) is 3.19. The third kappa shape index (κ3) is 3.77. The Kier molecular flexibility index (Phi) is 5.87. The van der Waals surface area contributed by atoms with E-state index in [1.807, 2.05) is 19.2 Å². The number of anilines is 1. The van der Waals surface area contributed by atoms with Crippen LogP contribution in [-0.4, -0.2) is 19.5 Å². The Labute approximate surface area is 151 Å². The number of benzene rings is 2. The number of para-hydroxylation sites is 1. The van der Waals surface area contributed by atoms with E-state index in [-0.39, 0.29) is 17.9 Å². The van der Waals surface area contributed by atoms with Crippen molar-refractivity contribution in [3.8, 4) is 0 Å². The molecular formula is C22H28N2O. The summed E-state index contributed by atoms with van der Waals surface area (Å²) in [5.41, 5.74) is 3.60. The lowest BCUT2D eigenvalue weighted by molar-refractivity contribution is -0.123. The molecule has 3 rings (SSSR count). The Bertz CT molecular complexity index is 698. The van der Waals surface area contributed by atoms with Gasteiger partial charge < -0.3 is 10.2 Å². The molecule has 0 saturated heterocycles. The van der Waals surface area contributed by atoms with Gasteiger partial charge >= 0.3 is 0 Å². The third-order valence-electron chi connectivity index (χ3n) is 5.17. The first kappa shape index (κ1) is 17.7. The SMILES string of the molecule is CCC(c1ccccc1)N1C(=O)C(CCCNC)Cc2ccccc21. The topological polar surface area (TPSA) is 32.3 Å². The summed E-state index contributed by atoms with van der Waals surface area (Å²) in [6.07, 6.45) is 3.74. The van der Waals surface area contributed by atoms with E-state index < -0.39 is 0 Å². The Morgan fingerprint density at radius 3 is 2.56 bits per heavy atom. The summed E-state index contributed by atoms with van der Waals surface area (Å²) < 4.78 is 0. The lowest BCUT2D eigenvalue weighted by Crippen LogP contribution is -2.43. The van der Waals surface area contributed by atoms with Crippen molar-refractivity contribution in [3.05, 3.63) is 65.7 Å². The molecular weight excluding hydrogens is 308 g/mol. The maximum absolute atomic E-state index is 13.4. The molecule has 132 valence electrons. The first-order valence-corrected chi connectivity index (χ1v) is 9.36. The number of fused-ring (bicyclic) bond motifs is 1. The van der Waals surface area contributed by atoms with Gasteiger partial charge in [-0.25, -0.2) is 0 Å². The Balaban J connectivity index is 1.95. The molecule has 0 saturated carbocycles. The Morgan fingerprint density at radius 1 is 1.12 bits per heavy atom. The molecule has 2 aromatic carbocycles. The highest BCUT2D eigenvalue weighted by Crippen LogP contribution is 2.39. The van der Waals surface area contributed by atoms with Crippen LogP contribution in [0.1, 0.15) is 43.4 Å². The summed E-state index contributed by atoms with van der Waals surface area (Å²) >= 11 is 0. The fourth-order valence-corrected chi connectivity index (χ4v) is 3.90. The van der Waals surface area contributed by atoms with Gasteiger partial charge in [0.15, 0.2) is 0 Å². The predicted octanol–water partition coefficient (Wildman–Crippen LogP) is 4.34. The fraction of sp³-hybridized carbons (Fsp3) is 0.409. The van der Waals surface area contributed by atoms with Crippen molar-refractivity contribution in [2.75, 3.05) is 18.5 Å². The van der Waals surface area contributed by atoms with Gasteiger partial charge in [0.25, 0.3) is 0 Å². The molecule has 0 radical (unpaired) electrons. The molecule has 0 bridgehead atoms. The molecule has 3 nitrogen and oxygen atoms in total. The largest absolute Gasteiger partial charge is 0.320 e. The lowest BCUT2D eigenvalue weighted by atomic mass is 9.86. The van der Waals surface area contributed by atoms with Crippen LogP contribution in [0.2, 0.25) is 0 Å². The van der Waals surface area contributed by atoms with Crippen LogP contribution in [0.3, 0.4) is 0 Å². The van der Waals surface area contributed by atoms with Gasteiger partial charge in [-0.15, -0.1) is 0 Å². The standard InChI is InChI=1S/C22H28N2O/c1-3-20(17-10-5-4-6-11-17)24-21-14-8-7-12-18(21)16-19(22(24)25)13-9-15-23-2/h4-8,10-12,14,19-20,23H,3,9,13,15-16H2,1-2H3. The molecule has 3 heteroatoms. The van der Waals surface area contributed by atoms with Crippen LogP contribution in [0.4, 0.5) is 5.69 Å². The molecule has 2 unspecified atom stereocenters. The highest BCUT2D eigenvalue weighted by atomic mass is 16.2. The van der Waals surface area contributed by atoms with Gasteiger partial charge in [0.1, 0.15) is 0 Å². The van der Waals surface area contributed by atoms with E-state index in [4.69, 9.17) is 0 Å². The number of amides is 1. The number of hydrogen-bond acceptors (Lipinski definition) is 2. The van der Waals surface area contributed by atoms with Crippen LogP contribution in [0.5, 0.6) is 0 Å². The molecule has 1 amide bonds. The minimum absolute atomic E-state index is 0.0843. The van der Waals surface area contributed by atoms with Crippen LogP contribution in [0.15, 0.2) is 54.6 Å². The van der Waals surface area contributed by atoms with Crippen molar-refractivity contribution in [1.82, 2.24) is 5.32 Å². The second-order valence-corrected chi connectivity index (χ2v) is 6.82. The monoisotopic (exact) mass is 336 g/mol. The molecule has 0 fully saturated rings. The lowest BCUT2D eigenvalue weighted by Gasteiger charge is -2.39. The zero-order valence-electron chi connectivity index (χ0n) is 15.2. The smallest absolute Gasteiger partial charge is 0.231 e. The van der Waals surface area contributed by atoms with E-state index in [0.29, 0.717) is 0 Å². The van der Waals surface area contributed by atoms with Crippen molar-refractivity contribution in [1.29, 1.82) is 0 Å². The van der Waals surface area contributed by atoms with Gasteiger partial charge in [-0.05, 0) is 56.5 Å². The van der Waals surface area contributed by atoms with Crippen molar-refractivity contribution >= 4 is 11.6 Å². The maximum atomic E-state index is 13.4. The molecule has 2 atom stereocenters. The van der Waals surface area contributed by atoms with Gasteiger partial charge in [0.2, 0.25) is 5.91 Å². The summed E-state index contributed by atoms with van der Waals surface area (Å²) in [6.45, 7) is 3.12. The average Bonchev–Trinajstić information content (AvgIpc) is 2.66. The second-order valence-electron chi connectivity index (χ2n) is 6.82. The second kappa shape index (κ2) is 8.30. The van der Waals surface area contributed by atoms with E-state index in [2.05, 4.69) is 59.6 Å². The van der Waals surface area contributed by atoms with Crippen molar-refractivity contribution in [3.63, 3.8) is 0 Å². The van der Waals surface area contributed by atoms with Crippen LogP contribution in [0, 0.1) is 5.92 Å². The number of hydrogen-bond donors (Lipinski definition) is 1. The van der Waals surface area contributed by atoms with E-state index >= 15 is 0 Å². The van der Waals surface area contributed by atoms with Crippen molar-refractivity contribution in [2.24, 2.45) is 5.92 Å². The van der Waals surface area contributed by atoms with Gasteiger partial charge in [-0.1, -0.05) is 55.5 Å². The number of carbonyl (C=O) groups is 1. The van der Waals surface area contributed by atoms with Crippen molar-refractivity contribution < 1.29 is 4.79 Å².